The van der Waals surface area contributed by atoms with Gasteiger partial charge >= 0.3 is 0 Å². The summed E-state index contributed by atoms with van der Waals surface area (Å²) in [7, 11) is 1.73. The number of nitrogens with one attached hydrogen (secondary N) is 1. The van der Waals surface area contributed by atoms with Crippen LogP contribution in [0, 0.1) is 10.1 Å². The number of ketones is 1. The summed E-state index contributed by atoms with van der Waals surface area (Å²) >= 11 is 12.0. The monoisotopic (exact) mass is 417 g/mol. The number of hydrogen-bond acceptors (Lipinski definition) is 4. The lowest BCUT2D eigenvalue weighted by atomic mass is 9.74. The van der Waals surface area contributed by atoms with Crippen LogP contribution in [0.15, 0.2) is 48.5 Å². The van der Waals surface area contributed by atoms with E-state index in [9.17, 15) is 14.9 Å². The van der Waals surface area contributed by atoms with Gasteiger partial charge in [0, 0.05) is 30.1 Å². The zero-order chi connectivity index (χ0) is 20.3. The van der Waals surface area contributed by atoms with Crippen molar-refractivity contribution in [2.24, 2.45) is 0 Å². The van der Waals surface area contributed by atoms with Crippen LogP contribution in [-0.4, -0.2) is 27.8 Å². The molecule has 0 aromatic heterocycles. The van der Waals surface area contributed by atoms with Gasteiger partial charge in [-0.1, -0.05) is 41.9 Å². The van der Waals surface area contributed by atoms with Crippen LogP contribution in [0.4, 0.5) is 11.4 Å². The predicted octanol–water partition coefficient (Wildman–Crippen LogP) is 4.92. The van der Waals surface area contributed by atoms with E-state index >= 15 is 0 Å². The minimum Gasteiger partial charge on any atom is -0.335 e. The summed E-state index contributed by atoms with van der Waals surface area (Å²) in [6, 6.07) is 13.5. The van der Waals surface area contributed by atoms with E-state index in [2.05, 4.69) is 5.32 Å². The molecule has 0 heterocycles. The quantitative estimate of drug-likeness (QED) is 0.432. The molecule has 0 bridgehead atoms. The summed E-state index contributed by atoms with van der Waals surface area (Å²) in [5, 5.41) is 15.0. The Bertz CT molecular complexity index is 936. The Morgan fingerprint density at radius 1 is 1.21 bits per heavy atom. The average Bonchev–Trinajstić information content (AvgIpc) is 2.69. The highest BCUT2D eigenvalue weighted by Gasteiger charge is 2.47. The number of likely N-dealkylation sites (N-methyl/N-ethyl adjacent to an activating group) is 1. The molecule has 146 valence electrons. The molecule has 0 aliphatic heterocycles. The number of nitrogens with zero attached hydrogens (tertiary/aromatic N) is 2. The Morgan fingerprint density at radius 3 is 2.57 bits per heavy atom. The molecule has 6 nitrogen and oxygen atoms in total. The third-order valence-electron chi connectivity index (χ3n) is 5.19. The molecule has 0 spiro atoms. The Balaban J connectivity index is 2.00. The van der Waals surface area contributed by atoms with Crippen molar-refractivity contribution in [3.63, 3.8) is 0 Å². The first-order valence-electron chi connectivity index (χ1n) is 8.94. The molecule has 28 heavy (non-hydrogen) atoms. The maximum atomic E-state index is 13.1. The van der Waals surface area contributed by atoms with Crippen LogP contribution in [0.5, 0.6) is 0 Å². The predicted molar refractivity (Wildman–Crippen MR) is 114 cm³/mol. The van der Waals surface area contributed by atoms with E-state index in [4.69, 9.17) is 23.8 Å². The summed E-state index contributed by atoms with van der Waals surface area (Å²) in [5.74, 6) is 0.0426. The Morgan fingerprint density at radius 2 is 1.89 bits per heavy atom. The largest absolute Gasteiger partial charge is 0.335 e. The molecule has 1 saturated carbocycles. The van der Waals surface area contributed by atoms with Gasteiger partial charge in [0.05, 0.1) is 4.92 Å². The highest BCUT2D eigenvalue weighted by Crippen LogP contribution is 2.42. The number of carbonyl (C=O) groups excluding carboxylic acids is 1. The second kappa shape index (κ2) is 8.24. The van der Waals surface area contributed by atoms with E-state index in [0.717, 1.165) is 12.8 Å². The van der Waals surface area contributed by atoms with Gasteiger partial charge in [0.1, 0.15) is 11.2 Å². The highest BCUT2D eigenvalue weighted by atomic mass is 35.5. The summed E-state index contributed by atoms with van der Waals surface area (Å²) in [5.41, 5.74) is -0.0953. The van der Waals surface area contributed by atoms with E-state index in [1.54, 1.807) is 36.2 Å². The van der Waals surface area contributed by atoms with Crippen LogP contribution >= 0.6 is 23.8 Å². The van der Waals surface area contributed by atoms with Crippen molar-refractivity contribution in [2.45, 2.75) is 31.2 Å². The summed E-state index contributed by atoms with van der Waals surface area (Å²) in [4.78, 5) is 25.7. The standard InChI is InChI=1S/C20H20ClN3O3S/c1-23(19(28)22-16-10-4-5-11-17(16)24(26)27)20(13-7-6-12-18(20)25)14-8-2-3-9-15(14)21/h2-5,8-11H,6-7,12-13H2,1H3,(H,22,28). The van der Waals surface area contributed by atoms with Gasteiger partial charge in [-0.3, -0.25) is 14.9 Å². The lowest BCUT2D eigenvalue weighted by Gasteiger charge is -2.45. The minimum atomic E-state index is -0.996. The fourth-order valence-corrected chi connectivity index (χ4v) is 4.30. The maximum Gasteiger partial charge on any atom is 0.292 e. The number of rotatable bonds is 4. The SMILES string of the molecule is CN(C(=S)Nc1ccccc1[N+](=O)[O-])C1(c2ccccc2Cl)CCCCC1=O. The van der Waals surface area contributed by atoms with Crippen molar-refractivity contribution in [3.8, 4) is 0 Å². The number of benzene rings is 2. The second-order valence-corrected chi connectivity index (χ2v) is 7.53. The van der Waals surface area contributed by atoms with E-state index in [1.165, 1.54) is 6.07 Å². The minimum absolute atomic E-state index is 0.0426. The number of carbonyl (C=O) groups is 1. The van der Waals surface area contributed by atoms with Gasteiger partial charge in [-0.15, -0.1) is 0 Å². The molecule has 1 aliphatic carbocycles. The second-order valence-electron chi connectivity index (χ2n) is 6.73. The number of halogens is 1. The number of para-hydroxylation sites is 2. The highest BCUT2D eigenvalue weighted by molar-refractivity contribution is 7.80. The fourth-order valence-electron chi connectivity index (χ4n) is 3.74. The van der Waals surface area contributed by atoms with Crippen molar-refractivity contribution >= 4 is 46.1 Å². The normalized spacial score (nSPS) is 19.1. The van der Waals surface area contributed by atoms with Gasteiger partial charge in [-0.25, -0.2) is 0 Å². The van der Waals surface area contributed by atoms with Gasteiger partial charge in [0.15, 0.2) is 10.9 Å². The molecule has 1 unspecified atom stereocenters. The first-order valence-corrected chi connectivity index (χ1v) is 9.73. The summed E-state index contributed by atoms with van der Waals surface area (Å²) in [6.07, 6.45) is 2.69. The maximum absolute atomic E-state index is 13.1. The van der Waals surface area contributed by atoms with Crippen molar-refractivity contribution in [2.75, 3.05) is 12.4 Å². The van der Waals surface area contributed by atoms with Gasteiger partial charge in [0.25, 0.3) is 5.69 Å². The molecule has 0 saturated heterocycles. The molecule has 1 N–H and O–H groups in total. The van der Waals surface area contributed by atoms with Gasteiger partial charge < -0.3 is 10.2 Å². The molecule has 2 aromatic carbocycles. The van der Waals surface area contributed by atoms with Crippen molar-refractivity contribution in [1.29, 1.82) is 0 Å². The molecular formula is C20H20ClN3O3S. The number of nitro groups is 1. The number of nitro benzene ring substituents is 1. The first-order chi connectivity index (χ1) is 13.4. The number of thiocarbonyl (C=S) groups is 1. The van der Waals surface area contributed by atoms with Crippen molar-refractivity contribution in [3.05, 3.63) is 69.2 Å². The molecule has 2 aromatic rings. The number of hydrogen-bond donors (Lipinski definition) is 1. The summed E-state index contributed by atoms with van der Waals surface area (Å²) in [6.45, 7) is 0. The van der Waals surface area contributed by atoms with E-state index in [1.807, 2.05) is 18.2 Å². The van der Waals surface area contributed by atoms with Crippen LogP contribution in [0.3, 0.4) is 0 Å². The summed E-state index contributed by atoms with van der Waals surface area (Å²) < 4.78 is 0. The van der Waals surface area contributed by atoms with E-state index in [0.29, 0.717) is 23.4 Å². The van der Waals surface area contributed by atoms with Crippen LogP contribution in [0.25, 0.3) is 0 Å². The molecule has 1 atom stereocenters. The molecule has 1 aliphatic rings. The molecule has 3 rings (SSSR count). The van der Waals surface area contributed by atoms with Crippen molar-refractivity contribution in [1.82, 2.24) is 4.90 Å². The number of anilines is 1. The topological polar surface area (TPSA) is 75.5 Å². The van der Waals surface area contributed by atoms with Crippen LogP contribution in [0.2, 0.25) is 5.02 Å². The zero-order valence-corrected chi connectivity index (χ0v) is 16.9. The Labute approximate surface area is 173 Å². The molecule has 0 radical (unpaired) electrons. The van der Waals surface area contributed by atoms with Gasteiger partial charge in [-0.2, -0.15) is 0 Å². The zero-order valence-electron chi connectivity index (χ0n) is 15.4. The molecule has 8 heteroatoms. The van der Waals surface area contributed by atoms with E-state index in [-0.39, 0.29) is 22.3 Å². The third-order valence-corrected chi connectivity index (χ3v) is 5.90. The lowest BCUT2D eigenvalue weighted by Crippen LogP contribution is -2.55. The fraction of sp³-hybridized carbons (Fsp3) is 0.300. The molecule has 0 amide bonds. The lowest BCUT2D eigenvalue weighted by molar-refractivity contribution is -0.383. The molecular weight excluding hydrogens is 398 g/mol. The third kappa shape index (κ3) is 3.59. The smallest absolute Gasteiger partial charge is 0.292 e. The Hall–Kier alpha value is -2.51. The Kier molecular flexibility index (Phi) is 5.96. The van der Waals surface area contributed by atoms with Gasteiger partial charge in [0.2, 0.25) is 0 Å². The number of Topliss-reactive ketones (excluding diaryl/α,β-unsaturated/α-hetero) is 1. The van der Waals surface area contributed by atoms with Crippen LogP contribution in [0.1, 0.15) is 31.2 Å². The average molecular weight is 418 g/mol. The van der Waals surface area contributed by atoms with Gasteiger partial charge in [-0.05, 0) is 43.6 Å². The first kappa shape index (κ1) is 20.2. The van der Waals surface area contributed by atoms with Crippen LogP contribution in [-0.2, 0) is 10.3 Å². The molecule has 1 fully saturated rings. The van der Waals surface area contributed by atoms with E-state index < -0.39 is 10.5 Å². The van der Waals surface area contributed by atoms with Crippen LogP contribution < -0.4 is 5.32 Å². The van der Waals surface area contributed by atoms with Crippen molar-refractivity contribution < 1.29 is 9.72 Å².